The highest BCUT2D eigenvalue weighted by Crippen LogP contribution is 2.14. The Morgan fingerprint density at radius 1 is 1.35 bits per heavy atom. The Morgan fingerprint density at radius 2 is 2.18 bits per heavy atom. The number of ketones is 1. The van der Waals surface area contributed by atoms with Gasteiger partial charge >= 0.3 is 0 Å². The average molecular weight is 226 g/mol. The van der Waals surface area contributed by atoms with Crippen molar-refractivity contribution in [1.82, 2.24) is 9.97 Å². The third-order valence-corrected chi connectivity index (χ3v) is 2.79. The van der Waals surface area contributed by atoms with E-state index < -0.39 is 0 Å². The first-order valence-corrected chi connectivity index (χ1v) is 5.46. The van der Waals surface area contributed by atoms with Gasteiger partial charge in [0.05, 0.1) is 0 Å². The summed E-state index contributed by atoms with van der Waals surface area (Å²) < 4.78 is 0. The number of nitrogens with zero attached hydrogens (tertiary/aromatic N) is 1. The van der Waals surface area contributed by atoms with Gasteiger partial charge in [0.25, 0.3) is 0 Å². The monoisotopic (exact) mass is 226 g/mol. The van der Waals surface area contributed by atoms with Gasteiger partial charge in [-0.05, 0) is 36.6 Å². The molecule has 0 bridgehead atoms. The lowest BCUT2D eigenvalue weighted by Crippen LogP contribution is -1.96. The van der Waals surface area contributed by atoms with Crippen LogP contribution in [0.5, 0.6) is 0 Å². The highest BCUT2D eigenvalue weighted by Gasteiger charge is 2.03. The largest absolute Gasteiger partial charge is 0.342 e. The lowest BCUT2D eigenvalue weighted by atomic mass is 10.0. The summed E-state index contributed by atoms with van der Waals surface area (Å²) in [6, 6.07) is 6.04. The number of hydrogen-bond donors (Lipinski definition) is 1. The minimum Gasteiger partial charge on any atom is -0.342 e. The van der Waals surface area contributed by atoms with Crippen molar-refractivity contribution in [2.24, 2.45) is 0 Å². The zero-order chi connectivity index (χ0) is 12.3. The molecule has 0 atom stereocenters. The van der Waals surface area contributed by atoms with Crippen LogP contribution in [0.15, 0.2) is 36.7 Å². The molecule has 3 heteroatoms. The molecule has 2 aromatic rings. The average Bonchev–Trinajstić information content (AvgIpc) is 2.84. The van der Waals surface area contributed by atoms with Crippen LogP contribution in [0.1, 0.15) is 27.3 Å². The number of allylic oxidation sites excluding steroid dienone is 1. The molecule has 0 amide bonds. The van der Waals surface area contributed by atoms with Crippen molar-refractivity contribution in [3.05, 3.63) is 59.2 Å². The smallest absolute Gasteiger partial charge is 0.221 e. The van der Waals surface area contributed by atoms with E-state index in [4.69, 9.17) is 0 Å². The van der Waals surface area contributed by atoms with Gasteiger partial charge in [-0.1, -0.05) is 24.3 Å². The summed E-state index contributed by atoms with van der Waals surface area (Å²) >= 11 is 0. The Morgan fingerprint density at radius 3 is 2.88 bits per heavy atom. The third kappa shape index (κ3) is 2.50. The SMILES string of the molecule is Cc1cccc(/C=C\C(=O)c2ncc[nH]2)c1C. The Hall–Kier alpha value is -2.16. The van der Waals surface area contributed by atoms with E-state index in [0.29, 0.717) is 5.82 Å². The molecule has 0 aliphatic carbocycles. The quantitative estimate of drug-likeness (QED) is 0.646. The van der Waals surface area contributed by atoms with E-state index in [9.17, 15) is 4.79 Å². The number of carbonyl (C=O) groups is 1. The van der Waals surface area contributed by atoms with Crippen LogP contribution in [-0.2, 0) is 0 Å². The molecule has 17 heavy (non-hydrogen) atoms. The molecule has 1 aromatic heterocycles. The molecular weight excluding hydrogens is 212 g/mol. The van der Waals surface area contributed by atoms with Gasteiger partial charge in [0.1, 0.15) is 0 Å². The minimum absolute atomic E-state index is 0.115. The maximum absolute atomic E-state index is 11.7. The van der Waals surface area contributed by atoms with Gasteiger partial charge < -0.3 is 4.98 Å². The Labute approximate surface area is 100 Å². The van der Waals surface area contributed by atoms with Crippen LogP contribution < -0.4 is 0 Å². The van der Waals surface area contributed by atoms with Gasteiger partial charge in [-0.25, -0.2) is 4.98 Å². The molecule has 1 N–H and O–H groups in total. The van der Waals surface area contributed by atoms with Crippen molar-refractivity contribution >= 4 is 11.9 Å². The van der Waals surface area contributed by atoms with E-state index in [1.807, 2.05) is 25.1 Å². The van der Waals surface area contributed by atoms with Gasteiger partial charge in [0.15, 0.2) is 5.82 Å². The van der Waals surface area contributed by atoms with Crippen LogP contribution in [0.4, 0.5) is 0 Å². The van der Waals surface area contributed by atoms with Gasteiger partial charge in [0, 0.05) is 12.4 Å². The molecule has 0 spiro atoms. The van der Waals surface area contributed by atoms with E-state index >= 15 is 0 Å². The summed E-state index contributed by atoms with van der Waals surface area (Å²) in [6.07, 6.45) is 6.58. The number of rotatable bonds is 3. The highest BCUT2D eigenvalue weighted by molar-refractivity contribution is 6.04. The van der Waals surface area contributed by atoms with Crippen LogP contribution in [0, 0.1) is 13.8 Å². The lowest BCUT2D eigenvalue weighted by molar-refractivity contribution is 0.103. The molecule has 1 heterocycles. The van der Waals surface area contributed by atoms with Crippen molar-refractivity contribution in [1.29, 1.82) is 0 Å². The third-order valence-electron chi connectivity index (χ3n) is 2.79. The summed E-state index contributed by atoms with van der Waals surface area (Å²) in [4.78, 5) is 18.4. The van der Waals surface area contributed by atoms with Gasteiger partial charge in [0.2, 0.25) is 5.78 Å². The van der Waals surface area contributed by atoms with Crippen molar-refractivity contribution < 1.29 is 4.79 Å². The molecule has 0 saturated heterocycles. The lowest BCUT2D eigenvalue weighted by Gasteiger charge is -2.03. The van der Waals surface area contributed by atoms with Gasteiger partial charge in [-0.15, -0.1) is 0 Å². The number of carbonyl (C=O) groups excluding carboxylic acids is 1. The maximum Gasteiger partial charge on any atom is 0.221 e. The summed E-state index contributed by atoms with van der Waals surface area (Å²) in [7, 11) is 0. The second-order valence-electron chi connectivity index (χ2n) is 3.92. The van der Waals surface area contributed by atoms with E-state index in [-0.39, 0.29) is 5.78 Å². The van der Waals surface area contributed by atoms with Crippen LogP contribution in [0.25, 0.3) is 6.08 Å². The van der Waals surface area contributed by atoms with E-state index in [1.165, 1.54) is 11.1 Å². The van der Waals surface area contributed by atoms with Crippen molar-refractivity contribution in [2.45, 2.75) is 13.8 Å². The first-order chi connectivity index (χ1) is 8.18. The zero-order valence-corrected chi connectivity index (χ0v) is 9.90. The standard InChI is InChI=1S/C14H14N2O/c1-10-4-3-5-12(11(10)2)6-7-13(17)14-15-8-9-16-14/h3-9H,1-2H3,(H,15,16)/b7-6-. The fraction of sp³-hybridized carbons (Fsp3) is 0.143. The van der Waals surface area contributed by atoms with Gasteiger partial charge in [-0.2, -0.15) is 0 Å². The summed E-state index contributed by atoms with van der Waals surface area (Å²) in [5, 5.41) is 0. The summed E-state index contributed by atoms with van der Waals surface area (Å²) in [5.74, 6) is 0.252. The number of aromatic amines is 1. The first kappa shape index (κ1) is 11.3. The van der Waals surface area contributed by atoms with Crippen molar-refractivity contribution in [3.63, 3.8) is 0 Å². The topological polar surface area (TPSA) is 45.8 Å². The molecule has 86 valence electrons. The normalized spacial score (nSPS) is 10.9. The second-order valence-corrected chi connectivity index (χ2v) is 3.92. The number of aryl methyl sites for hydroxylation is 1. The Kier molecular flexibility index (Phi) is 3.19. The first-order valence-electron chi connectivity index (χ1n) is 5.46. The predicted molar refractivity (Wildman–Crippen MR) is 67.9 cm³/mol. The van der Waals surface area contributed by atoms with E-state index in [1.54, 1.807) is 18.5 Å². The molecule has 0 fully saturated rings. The summed E-state index contributed by atoms with van der Waals surface area (Å²) in [6.45, 7) is 4.10. The number of hydrogen-bond acceptors (Lipinski definition) is 2. The number of benzene rings is 1. The molecule has 2 rings (SSSR count). The Balaban J connectivity index is 2.21. The Bertz CT molecular complexity index is 554. The number of nitrogens with one attached hydrogen (secondary N) is 1. The van der Waals surface area contributed by atoms with E-state index in [0.717, 1.165) is 5.56 Å². The number of H-pyrrole nitrogens is 1. The second kappa shape index (κ2) is 4.78. The maximum atomic E-state index is 11.7. The van der Waals surface area contributed by atoms with Crippen LogP contribution in [-0.4, -0.2) is 15.8 Å². The van der Waals surface area contributed by atoms with Crippen LogP contribution in [0.2, 0.25) is 0 Å². The van der Waals surface area contributed by atoms with Gasteiger partial charge in [-0.3, -0.25) is 4.79 Å². The highest BCUT2D eigenvalue weighted by atomic mass is 16.1. The zero-order valence-electron chi connectivity index (χ0n) is 9.90. The molecule has 0 aliphatic heterocycles. The van der Waals surface area contributed by atoms with Crippen LogP contribution >= 0.6 is 0 Å². The number of imidazole rings is 1. The number of aromatic nitrogens is 2. The molecule has 0 unspecified atom stereocenters. The fourth-order valence-electron chi connectivity index (χ4n) is 1.60. The summed E-state index contributed by atoms with van der Waals surface area (Å²) in [5.41, 5.74) is 3.47. The predicted octanol–water partition coefficient (Wildman–Crippen LogP) is 2.92. The molecular formula is C14H14N2O. The molecule has 0 radical (unpaired) electrons. The molecule has 1 aromatic carbocycles. The molecule has 3 nitrogen and oxygen atoms in total. The van der Waals surface area contributed by atoms with Crippen LogP contribution in [0.3, 0.4) is 0 Å². The fourth-order valence-corrected chi connectivity index (χ4v) is 1.60. The van der Waals surface area contributed by atoms with E-state index in [2.05, 4.69) is 23.0 Å². The molecule has 0 saturated carbocycles. The minimum atomic E-state index is -0.115. The van der Waals surface area contributed by atoms with Crippen molar-refractivity contribution in [3.8, 4) is 0 Å². The molecule has 0 aliphatic rings. The van der Waals surface area contributed by atoms with Crippen molar-refractivity contribution in [2.75, 3.05) is 0 Å².